The van der Waals surface area contributed by atoms with Gasteiger partial charge < -0.3 is 14.6 Å². The van der Waals surface area contributed by atoms with E-state index >= 15 is 0 Å². The van der Waals surface area contributed by atoms with Crippen LogP contribution in [0.15, 0.2) is 71.5 Å². The summed E-state index contributed by atoms with van der Waals surface area (Å²) in [4.78, 5) is 20.6. The molecule has 144 valence electrons. The second-order valence-electron chi connectivity index (χ2n) is 6.04. The SMILES string of the molecule is COc1ccc(Cl)cc1-c1nc(-c2ccc(NC(=O)c3cccnc3)cc2)no1. The predicted octanol–water partition coefficient (Wildman–Crippen LogP) is 4.71. The molecular formula is C21H15ClN4O3. The average Bonchev–Trinajstić information content (AvgIpc) is 3.25. The first-order valence-corrected chi connectivity index (χ1v) is 9.01. The number of hydrogen-bond donors (Lipinski definition) is 1. The lowest BCUT2D eigenvalue weighted by molar-refractivity contribution is 0.102. The first kappa shape index (κ1) is 18.6. The Labute approximate surface area is 171 Å². The number of amides is 1. The maximum Gasteiger partial charge on any atom is 0.262 e. The van der Waals surface area contributed by atoms with Gasteiger partial charge in [0.25, 0.3) is 11.8 Å². The highest BCUT2D eigenvalue weighted by Gasteiger charge is 2.15. The molecule has 0 unspecified atom stereocenters. The highest BCUT2D eigenvalue weighted by Crippen LogP contribution is 2.32. The average molecular weight is 407 g/mol. The Morgan fingerprint density at radius 2 is 1.97 bits per heavy atom. The smallest absolute Gasteiger partial charge is 0.262 e. The second kappa shape index (κ2) is 8.12. The van der Waals surface area contributed by atoms with Gasteiger partial charge in [-0.15, -0.1) is 0 Å². The molecule has 4 rings (SSSR count). The van der Waals surface area contributed by atoms with E-state index < -0.39 is 0 Å². The van der Waals surface area contributed by atoms with Crippen molar-refractivity contribution in [2.75, 3.05) is 12.4 Å². The summed E-state index contributed by atoms with van der Waals surface area (Å²) in [5.41, 5.74) is 2.47. The molecule has 0 atom stereocenters. The number of ether oxygens (including phenoxy) is 1. The van der Waals surface area contributed by atoms with Gasteiger partial charge in [0.15, 0.2) is 0 Å². The van der Waals surface area contributed by atoms with Crippen LogP contribution < -0.4 is 10.1 Å². The summed E-state index contributed by atoms with van der Waals surface area (Å²) in [7, 11) is 1.56. The number of anilines is 1. The van der Waals surface area contributed by atoms with Gasteiger partial charge in [-0.3, -0.25) is 9.78 Å². The van der Waals surface area contributed by atoms with Crippen LogP contribution in [-0.2, 0) is 0 Å². The van der Waals surface area contributed by atoms with Gasteiger partial charge >= 0.3 is 0 Å². The molecule has 7 nitrogen and oxygen atoms in total. The molecule has 0 fully saturated rings. The fourth-order valence-electron chi connectivity index (χ4n) is 2.70. The molecule has 2 aromatic heterocycles. The summed E-state index contributed by atoms with van der Waals surface area (Å²) in [5, 5.41) is 7.38. The van der Waals surface area contributed by atoms with Crippen LogP contribution in [0.25, 0.3) is 22.8 Å². The van der Waals surface area contributed by atoms with Gasteiger partial charge in [-0.1, -0.05) is 16.8 Å². The molecule has 0 aliphatic carbocycles. The topological polar surface area (TPSA) is 90.1 Å². The van der Waals surface area contributed by atoms with Crippen LogP contribution in [0.2, 0.25) is 5.02 Å². The minimum Gasteiger partial charge on any atom is -0.496 e. The van der Waals surface area contributed by atoms with Crippen molar-refractivity contribution in [3.05, 3.63) is 77.6 Å². The summed E-state index contributed by atoms with van der Waals surface area (Å²) in [6.07, 6.45) is 3.12. The normalized spacial score (nSPS) is 10.6. The molecule has 0 aliphatic heterocycles. The Morgan fingerprint density at radius 1 is 1.14 bits per heavy atom. The lowest BCUT2D eigenvalue weighted by Gasteiger charge is -2.05. The lowest BCUT2D eigenvalue weighted by atomic mass is 10.1. The number of carbonyl (C=O) groups is 1. The van der Waals surface area contributed by atoms with Crippen molar-refractivity contribution in [1.82, 2.24) is 15.1 Å². The third kappa shape index (κ3) is 4.09. The van der Waals surface area contributed by atoms with Crippen LogP contribution in [0.3, 0.4) is 0 Å². The molecular weight excluding hydrogens is 392 g/mol. The van der Waals surface area contributed by atoms with E-state index in [4.69, 9.17) is 20.9 Å². The molecule has 0 saturated carbocycles. The first-order valence-electron chi connectivity index (χ1n) is 8.63. The molecule has 29 heavy (non-hydrogen) atoms. The zero-order valence-corrected chi connectivity index (χ0v) is 16.1. The predicted molar refractivity (Wildman–Crippen MR) is 109 cm³/mol. The van der Waals surface area contributed by atoms with E-state index in [-0.39, 0.29) is 5.91 Å². The summed E-state index contributed by atoms with van der Waals surface area (Å²) in [5.74, 6) is 1.05. The number of aromatic nitrogens is 3. The molecule has 2 heterocycles. The van der Waals surface area contributed by atoms with E-state index in [1.54, 1.807) is 67.9 Å². The molecule has 0 aliphatic rings. The van der Waals surface area contributed by atoms with E-state index in [2.05, 4.69) is 20.4 Å². The first-order chi connectivity index (χ1) is 14.1. The maximum atomic E-state index is 12.2. The Bertz CT molecular complexity index is 1140. The van der Waals surface area contributed by atoms with E-state index in [1.165, 1.54) is 6.20 Å². The van der Waals surface area contributed by atoms with Crippen LogP contribution in [0.1, 0.15) is 10.4 Å². The van der Waals surface area contributed by atoms with Crippen molar-refractivity contribution in [3.63, 3.8) is 0 Å². The summed E-state index contributed by atoms with van der Waals surface area (Å²) >= 11 is 6.07. The van der Waals surface area contributed by atoms with Crippen molar-refractivity contribution in [2.24, 2.45) is 0 Å². The highest BCUT2D eigenvalue weighted by molar-refractivity contribution is 6.30. The Balaban J connectivity index is 1.53. The number of nitrogens with zero attached hydrogens (tertiary/aromatic N) is 3. The highest BCUT2D eigenvalue weighted by atomic mass is 35.5. The zero-order chi connectivity index (χ0) is 20.2. The van der Waals surface area contributed by atoms with Crippen molar-refractivity contribution in [3.8, 4) is 28.6 Å². The van der Waals surface area contributed by atoms with Gasteiger partial charge in [0, 0.05) is 28.7 Å². The fourth-order valence-corrected chi connectivity index (χ4v) is 2.87. The van der Waals surface area contributed by atoms with Crippen molar-refractivity contribution >= 4 is 23.2 Å². The summed E-state index contributed by atoms with van der Waals surface area (Å²) < 4.78 is 10.7. The molecule has 1 amide bonds. The molecule has 0 saturated heterocycles. The molecule has 1 N–H and O–H groups in total. The van der Waals surface area contributed by atoms with Crippen LogP contribution in [0.5, 0.6) is 5.75 Å². The molecule has 4 aromatic rings. The number of benzene rings is 2. The lowest BCUT2D eigenvalue weighted by Crippen LogP contribution is -2.11. The van der Waals surface area contributed by atoms with Gasteiger partial charge in [-0.2, -0.15) is 4.98 Å². The molecule has 0 bridgehead atoms. The summed E-state index contributed by atoms with van der Waals surface area (Å²) in [6, 6.07) is 15.7. The number of carbonyl (C=O) groups excluding carboxylic acids is 1. The number of pyridine rings is 1. The largest absolute Gasteiger partial charge is 0.496 e. The van der Waals surface area contributed by atoms with E-state index in [1.807, 2.05) is 0 Å². The van der Waals surface area contributed by atoms with Crippen LogP contribution in [0.4, 0.5) is 5.69 Å². The molecule has 8 heteroatoms. The van der Waals surface area contributed by atoms with Crippen LogP contribution >= 0.6 is 11.6 Å². The quantitative estimate of drug-likeness (QED) is 0.516. The second-order valence-corrected chi connectivity index (χ2v) is 6.48. The molecule has 2 aromatic carbocycles. The van der Waals surface area contributed by atoms with Gasteiger partial charge in [-0.05, 0) is 54.6 Å². The van der Waals surface area contributed by atoms with Gasteiger partial charge in [0.05, 0.1) is 18.2 Å². The standard InChI is InChI=1S/C21H15ClN4O3/c1-28-18-9-6-15(22)11-17(18)21-25-19(26-29-21)13-4-7-16(8-5-13)24-20(27)14-3-2-10-23-12-14/h2-12H,1H3,(H,24,27). The third-order valence-corrected chi connectivity index (χ3v) is 4.38. The zero-order valence-electron chi connectivity index (χ0n) is 15.3. The third-order valence-electron chi connectivity index (χ3n) is 4.14. The number of nitrogens with one attached hydrogen (secondary N) is 1. The van der Waals surface area contributed by atoms with Crippen molar-refractivity contribution < 1.29 is 14.1 Å². The number of halogens is 1. The van der Waals surface area contributed by atoms with E-state index in [0.29, 0.717) is 39.3 Å². The molecule has 0 radical (unpaired) electrons. The number of rotatable bonds is 5. The number of hydrogen-bond acceptors (Lipinski definition) is 6. The van der Waals surface area contributed by atoms with Gasteiger partial charge in [0.1, 0.15) is 5.75 Å². The van der Waals surface area contributed by atoms with Crippen LogP contribution in [-0.4, -0.2) is 28.1 Å². The minimum atomic E-state index is -0.235. The van der Waals surface area contributed by atoms with E-state index in [9.17, 15) is 4.79 Å². The maximum absolute atomic E-state index is 12.2. The Morgan fingerprint density at radius 3 is 2.69 bits per heavy atom. The number of methoxy groups -OCH3 is 1. The molecule has 0 spiro atoms. The fraction of sp³-hybridized carbons (Fsp3) is 0.0476. The van der Waals surface area contributed by atoms with Crippen molar-refractivity contribution in [1.29, 1.82) is 0 Å². The van der Waals surface area contributed by atoms with Crippen molar-refractivity contribution in [2.45, 2.75) is 0 Å². The van der Waals surface area contributed by atoms with Gasteiger partial charge in [-0.25, -0.2) is 0 Å². The van der Waals surface area contributed by atoms with Gasteiger partial charge in [0.2, 0.25) is 5.82 Å². The Kier molecular flexibility index (Phi) is 5.22. The summed E-state index contributed by atoms with van der Waals surface area (Å²) in [6.45, 7) is 0. The Hall–Kier alpha value is -3.71. The monoisotopic (exact) mass is 406 g/mol. The van der Waals surface area contributed by atoms with Crippen LogP contribution in [0, 0.1) is 0 Å². The minimum absolute atomic E-state index is 0.235. The van der Waals surface area contributed by atoms with E-state index in [0.717, 1.165) is 5.56 Å².